The van der Waals surface area contributed by atoms with Gasteiger partial charge in [0.05, 0.1) is 11.2 Å². The summed E-state index contributed by atoms with van der Waals surface area (Å²) < 4.78 is 0. The van der Waals surface area contributed by atoms with Gasteiger partial charge in [-0.15, -0.1) is 0 Å². The summed E-state index contributed by atoms with van der Waals surface area (Å²) in [6, 6.07) is 10.3. The lowest BCUT2D eigenvalue weighted by molar-refractivity contribution is 0.0942. The molecule has 126 valence electrons. The van der Waals surface area contributed by atoms with Crippen molar-refractivity contribution in [3.8, 4) is 0 Å². The van der Waals surface area contributed by atoms with Crippen LogP contribution in [0.3, 0.4) is 0 Å². The van der Waals surface area contributed by atoms with Crippen LogP contribution in [0.25, 0.3) is 0 Å². The number of hydrogen-bond donors (Lipinski definition) is 1. The zero-order chi connectivity index (χ0) is 16.9. The number of carbonyl (C=O) groups excluding carboxylic acids is 1. The van der Waals surface area contributed by atoms with Gasteiger partial charge in [0.2, 0.25) is 0 Å². The van der Waals surface area contributed by atoms with E-state index in [1.807, 2.05) is 24.5 Å². The summed E-state index contributed by atoms with van der Waals surface area (Å²) in [6.45, 7) is 2.57. The topological polar surface area (TPSA) is 58.1 Å². The first-order valence-electron chi connectivity index (χ1n) is 7.82. The maximum atomic E-state index is 12.3. The molecule has 2 heterocycles. The van der Waals surface area contributed by atoms with Crippen LogP contribution in [0.4, 0.5) is 5.69 Å². The van der Waals surface area contributed by atoms with E-state index in [2.05, 4.69) is 32.3 Å². The van der Waals surface area contributed by atoms with Gasteiger partial charge in [-0.3, -0.25) is 4.79 Å². The highest BCUT2D eigenvalue weighted by atomic mass is 35.5. The number of aromatic nitrogens is 2. The van der Waals surface area contributed by atoms with Gasteiger partial charge in [0.1, 0.15) is 0 Å². The van der Waals surface area contributed by atoms with Gasteiger partial charge in [0.15, 0.2) is 10.9 Å². The van der Waals surface area contributed by atoms with Crippen molar-refractivity contribution in [2.75, 3.05) is 30.8 Å². The highest BCUT2D eigenvalue weighted by Gasteiger charge is 2.24. The zero-order valence-corrected chi connectivity index (χ0v) is 15.0. The van der Waals surface area contributed by atoms with Gasteiger partial charge in [0, 0.05) is 25.3 Å². The van der Waals surface area contributed by atoms with Crippen molar-refractivity contribution in [1.29, 1.82) is 0 Å². The molecule has 7 heteroatoms. The molecule has 0 aliphatic carbocycles. The number of carbonyl (C=O) groups is 1. The first-order valence-corrected chi connectivity index (χ1v) is 9.42. The lowest BCUT2D eigenvalue weighted by Gasteiger charge is -2.18. The molecule has 1 amide bonds. The molecule has 0 bridgehead atoms. The monoisotopic (exact) mass is 362 g/mol. The van der Waals surface area contributed by atoms with Crippen LogP contribution in [0.2, 0.25) is 5.02 Å². The van der Waals surface area contributed by atoms with Gasteiger partial charge in [-0.1, -0.05) is 41.6 Å². The van der Waals surface area contributed by atoms with Crippen LogP contribution in [-0.2, 0) is 0 Å². The van der Waals surface area contributed by atoms with Crippen molar-refractivity contribution in [3.63, 3.8) is 0 Å². The third kappa shape index (κ3) is 3.99. The van der Waals surface area contributed by atoms with E-state index in [-0.39, 0.29) is 16.6 Å². The number of rotatable bonds is 5. The molecular formula is C17H19ClN4OS. The Hall–Kier alpha value is -1.79. The second-order valence-electron chi connectivity index (χ2n) is 5.70. The normalized spacial score (nSPS) is 17.1. The maximum Gasteiger partial charge on any atom is 0.271 e. The molecule has 1 atom stereocenters. The molecule has 1 aromatic carbocycles. The van der Waals surface area contributed by atoms with Crippen LogP contribution in [-0.4, -0.2) is 41.8 Å². The predicted octanol–water partition coefficient (Wildman–Crippen LogP) is 3.11. The second-order valence-corrected chi connectivity index (χ2v) is 6.88. The quantitative estimate of drug-likeness (QED) is 0.654. The fourth-order valence-corrected chi connectivity index (χ4v) is 3.32. The molecule has 1 aromatic heterocycles. The van der Waals surface area contributed by atoms with E-state index >= 15 is 0 Å². The molecule has 0 spiro atoms. The standard InChI is InChI=1S/C17H19ClN4OS/c1-24-17-20-10-14(18)15(21-17)16(23)19-9-12-7-8-22(11-12)13-5-3-2-4-6-13/h2-6,10,12H,7-9,11H2,1H3,(H,19,23). The minimum atomic E-state index is -0.240. The summed E-state index contributed by atoms with van der Waals surface area (Å²) in [5, 5.41) is 3.78. The fourth-order valence-electron chi connectivity index (χ4n) is 2.80. The molecule has 1 unspecified atom stereocenters. The van der Waals surface area contributed by atoms with Crippen LogP contribution in [0.1, 0.15) is 16.9 Å². The Balaban J connectivity index is 1.56. The van der Waals surface area contributed by atoms with E-state index in [0.29, 0.717) is 17.6 Å². The first-order chi connectivity index (χ1) is 11.7. The average Bonchev–Trinajstić information content (AvgIpc) is 3.10. The van der Waals surface area contributed by atoms with E-state index in [4.69, 9.17) is 11.6 Å². The Morgan fingerprint density at radius 3 is 2.96 bits per heavy atom. The number of thioether (sulfide) groups is 1. The summed E-state index contributed by atoms with van der Waals surface area (Å²) in [4.78, 5) is 22.9. The second kappa shape index (κ2) is 7.85. The van der Waals surface area contributed by atoms with Crippen LogP contribution >= 0.6 is 23.4 Å². The lowest BCUT2D eigenvalue weighted by Crippen LogP contribution is -2.31. The number of nitrogens with one attached hydrogen (secondary N) is 1. The molecule has 1 aliphatic rings. The zero-order valence-electron chi connectivity index (χ0n) is 13.4. The van der Waals surface area contributed by atoms with Gasteiger partial charge in [-0.2, -0.15) is 0 Å². The molecule has 1 fully saturated rings. The van der Waals surface area contributed by atoms with Crippen LogP contribution in [0, 0.1) is 5.92 Å². The Bertz CT molecular complexity index is 713. The number of anilines is 1. The number of nitrogens with zero attached hydrogens (tertiary/aromatic N) is 3. The van der Waals surface area contributed by atoms with Gasteiger partial charge >= 0.3 is 0 Å². The van der Waals surface area contributed by atoms with Crippen molar-refractivity contribution in [3.05, 3.63) is 47.2 Å². The van der Waals surface area contributed by atoms with E-state index in [1.165, 1.54) is 23.6 Å². The SMILES string of the molecule is CSc1ncc(Cl)c(C(=O)NCC2CCN(c3ccccc3)C2)n1. The van der Waals surface area contributed by atoms with Gasteiger partial charge in [-0.25, -0.2) is 9.97 Å². The predicted molar refractivity (Wildman–Crippen MR) is 97.9 cm³/mol. The van der Waals surface area contributed by atoms with E-state index in [0.717, 1.165) is 19.5 Å². The van der Waals surface area contributed by atoms with Crippen molar-refractivity contribution in [2.45, 2.75) is 11.6 Å². The van der Waals surface area contributed by atoms with Crippen molar-refractivity contribution in [1.82, 2.24) is 15.3 Å². The molecule has 0 saturated carbocycles. The minimum absolute atomic E-state index is 0.240. The van der Waals surface area contributed by atoms with Crippen molar-refractivity contribution in [2.24, 2.45) is 5.92 Å². The Morgan fingerprint density at radius 1 is 1.42 bits per heavy atom. The van der Waals surface area contributed by atoms with Gasteiger partial charge in [-0.05, 0) is 30.7 Å². The van der Waals surface area contributed by atoms with E-state index < -0.39 is 0 Å². The molecule has 1 saturated heterocycles. The van der Waals surface area contributed by atoms with E-state index in [1.54, 1.807) is 0 Å². The van der Waals surface area contributed by atoms with Gasteiger partial charge < -0.3 is 10.2 Å². The molecule has 0 radical (unpaired) electrons. The van der Waals surface area contributed by atoms with Crippen LogP contribution in [0.15, 0.2) is 41.7 Å². The average molecular weight is 363 g/mol. The fraction of sp³-hybridized carbons (Fsp3) is 0.353. The van der Waals surface area contributed by atoms with Crippen LogP contribution in [0.5, 0.6) is 0 Å². The van der Waals surface area contributed by atoms with Crippen LogP contribution < -0.4 is 10.2 Å². The Morgan fingerprint density at radius 2 is 2.21 bits per heavy atom. The largest absolute Gasteiger partial charge is 0.371 e. The third-order valence-corrected chi connectivity index (χ3v) is 4.92. The minimum Gasteiger partial charge on any atom is -0.371 e. The highest BCUT2D eigenvalue weighted by molar-refractivity contribution is 7.98. The number of para-hydroxylation sites is 1. The Labute approximate surface area is 150 Å². The van der Waals surface area contributed by atoms with Gasteiger partial charge in [0.25, 0.3) is 5.91 Å². The summed E-state index contributed by atoms with van der Waals surface area (Å²) in [5.74, 6) is 0.186. The molecule has 1 aliphatic heterocycles. The molecular weight excluding hydrogens is 344 g/mol. The third-order valence-electron chi connectivity index (χ3n) is 4.08. The molecule has 5 nitrogen and oxygen atoms in total. The smallest absolute Gasteiger partial charge is 0.271 e. The highest BCUT2D eigenvalue weighted by Crippen LogP contribution is 2.23. The lowest BCUT2D eigenvalue weighted by atomic mass is 10.1. The summed E-state index contributed by atoms with van der Waals surface area (Å²) in [7, 11) is 0. The molecule has 24 heavy (non-hydrogen) atoms. The molecule has 2 aromatic rings. The summed E-state index contributed by atoms with van der Waals surface area (Å²) in [5.41, 5.74) is 1.48. The summed E-state index contributed by atoms with van der Waals surface area (Å²) in [6.07, 6.45) is 4.40. The summed E-state index contributed by atoms with van der Waals surface area (Å²) >= 11 is 7.43. The Kier molecular flexibility index (Phi) is 5.58. The van der Waals surface area contributed by atoms with Crippen molar-refractivity contribution < 1.29 is 4.79 Å². The number of amides is 1. The number of benzene rings is 1. The molecule has 3 rings (SSSR count). The maximum absolute atomic E-state index is 12.3. The molecule has 1 N–H and O–H groups in total. The number of hydrogen-bond acceptors (Lipinski definition) is 5. The number of halogens is 1. The first kappa shape index (κ1) is 17.0. The van der Waals surface area contributed by atoms with Crippen molar-refractivity contribution >= 4 is 35.0 Å². The van der Waals surface area contributed by atoms with E-state index in [9.17, 15) is 4.79 Å².